The number of piperidine rings is 1. The van der Waals surface area contributed by atoms with Gasteiger partial charge in [-0.05, 0) is 69.3 Å². The molecular weight excluding hydrogens is 424 g/mol. The Bertz CT molecular complexity index is 1090. The summed E-state index contributed by atoms with van der Waals surface area (Å²) in [5, 5.41) is 9.57. The number of benzene rings is 1. The van der Waals surface area contributed by atoms with E-state index >= 15 is 0 Å². The fourth-order valence-corrected chi connectivity index (χ4v) is 5.28. The van der Waals surface area contributed by atoms with Crippen molar-refractivity contribution in [1.29, 1.82) is 0 Å². The largest absolute Gasteiger partial charge is 0.380 e. The normalized spacial score (nSPS) is 20.3. The van der Waals surface area contributed by atoms with Crippen LogP contribution in [0.4, 0.5) is 11.6 Å². The zero-order valence-corrected chi connectivity index (χ0v) is 19.6. The first-order valence-corrected chi connectivity index (χ1v) is 12.1. The average molecular weight is 455 g/mol. The van der Waals surface area contributed by atoms with Gasteiger partial charge in [-0.3, -0.25) is 9.58 Å². The molecule has 1 N–H and O–H groups in total. The second kappa shape index (κ2) is 9.33. The average Bonchev–Trinajstić information content (AvgIpc) is 3.46. The molecule has 2 aromatic heterocycles. The summed E-state index contributed by atoms with van der Waals surface area (Å²) in [6.45, 7) is 9.10. The van der Waals surface area contributed by atoms with E-state index in [1.165, 1.54) is 5.56 Å². The number of aryl methyl sites for hydroxylation is 1. The van der Waals surface area contributed by atoms with E-state index in [0.717, 1.165) is 85.8 Å². The van der Waals surface area contributed by atoms with Crippen LogP contribution in [0.25, 0.3) is 10.9 Å². The number of rotatable bonds is 6. The maximum absolute atomic E-state index is 6.71. The van der Waals surface area contributed by atoms with Gasteiger partial charge in [-0.2, -0.15) is 5.10 Å². The van der Waals surface area contributed by atoms with Crippen LogP contribution in [-0.2, 0) is 11.3 Å². The molecule has 2 aliphatic rings. The number of nitrogens with one attached hydrogen (secondary N) is 1. The minimum atomic E-state index is 0.464. The molecule has 0 saturated carbocycles. The minimum absolute atomic E-state index is 0.464. The lowest BCUT2D eigenvalue weighted by atomic mass is 9.88. The minimum Gasteiger partial charge on any atom is -0.380 e. The van der Waals surface area contributed by atoms with Crippen molar-refractivity contribution in [3.8, 4) is 0 Å². The summed E-state index contributed by atoms with van der Waals surface area (Å²) in [4.78, 5) is 11.9. The topological polar surface area (TPSA) is 68.1 Å². The zero-order chi connectivity index (χ0) is 22.1. The number of halogens is 1. The summed E-state index contributed by atoms with van der Waals surface area (Å²) >= 11 is 6.71. The fraction of sp³-hybridized carbons (Fsp3) is 0.542. The third-order valence-electron chi connectivity index (χ3n) is 6.87. The van der Waals surface area contributed by atoms with E-state index in [1.807, 2.05) is 23.1 Å². The Morgan fingerprint density at radius 2 is 2.03 bits per heavy atom. The van der Waals surface area contributed by atoms with E-state index < -0.39 is 0 Å². The van der Waals surface area contributed by atoms with Gasteiger partial charge in [0, 0.05) is 35.8 Å². The van der Waals surface area contributed by atoms with Crippen molar-refractivity contribution in [3.05, 3.63) is 40.8 Å². The van der Waals surface area contributed by atoms with Crippen LogP contribution in [0, 0.1) is 6.92 Å². The highest BCUT2D eigenvalue weighted by atomic mass is 35.5. The third kappa shape index (κ3) is 4.34. The molecule has 1 aromatic carbocycles. The first-order valence-electron chi connectivity index (χ1n) is 11.7. The van der Waals surface area contributed by atoms with Crippen molar-refractivity contribution in [2.75, 3.05) is 31.6 Å². The Balaban J connectivity index is 1.34. The lowest BCUT2D eigenvalue weighted by molar-refractivity contribution is 0.122. The highest BCUT2D eigenvalue weighted by Crippen LogP contribution is 2.36. The molecule has 5 rings (SSSR count). The summed E-state index contributed by atoms with van der Waals surface area (Å²) in [5.41, 5.74) is 4.16. The van der Waals surface area contributed by atoms with Crippen LogP contribution in [0.3, 0.4) is 0 Å². The SMILES string of the molecule is CCCn1ncc(Nc2ncc3cc(Cl)c(C4CCN(C5CCOC5)CC4)cc3n2)c1C. The van der Waals surface area contributed by atoms with Gasteiger partial charge in [0.25, 0.3) is 0 Å². The van der Waals surface area contributed by atoms with Gasteiger partial charge < -0.3 is 10.1 Å². The number of ether oxygens (including phenoxy) is 1. The Labute approximate surface area is 194 Å². The van der Waals surface area contributed by atoms with Crippen molar-refractivity contribution < 1.29 is 4.74 Å². The third-order valence-corrected chi connectivity index (χ3v) is 7.20. The lowest BCUT2D eigenvalue weighted by Crippen LogP contribution is -2.41. The number of anilines is 2. The van der Waals surface area contributed by atoms with Crippen molar-refractivity contribution in [3.63, 3.8) is 0 Å². The predicted molar refractivity (Wildman–Crippen MR) is 128 cm³/mol. The van der Waals surface area contributed by atoms with Crippen LogP contribution < -0.4 is 5.32 Å². The van der Waals surface area contributed by atoms with Crippen LogP contribution >= 0.6 is 11.6 Å². The smallest absolute Gasteiger partial charge is 0.227 e. The van der Waals surface area contributed by atoms with E-state index in [-0.39, 0.29) is 0 Å². The van der Waals surface area contributed by atoms with E-state index in [4.69, 9.17) is 21.3 Å². The summed E-state index contributed by atoms with van der Waals surface area (Å²) < 4.78 is 7.58. The highest BCUT2D eigenvalue weighted by Gasteiger charge is 2.29. The quantitative estimate of drug-likeness (QED) is 0.570. The van der Waals surface area contributed by atoms with Gasteiger partial charge in [0.15, 0.2) is 0 Å². The van der Waals surface area contributed by atoms with Crippen molar-refractivity contribution in [2.24, 2.45) is 0 Å². The Kier molecular flexibility index (Phi) is 6.31. The monoisotopic (exact) mass is 454 g/mol. The number of likely N-dealkylation sites (tertiary alicyclic amines) is 1. The first-order chi connectivity index (χ1) is 15.6. The molecule has 0 aliphatic carbocycles. The number of aromatic nitrogens is 4. The fourth-order valence-electron chi connectivity index (χ4n) is 4.95. The maximum Gasteiger partial charge on any atom is 0.227 e. The molecule has 0 radical (unpaired) electrons. The molecule has 170 valence electrons. The molecule has 0 bridgehead atoms. The van der Waals surface area contributed by atoms with Gasteiger partial charge in [-0.25, -0.2) is 9.97 Å². The zero-order valence-electron chi connectivity index (χ0n) is 18.9. The Morgan fingerprint density at radius 1 is 1.19 bits per heavy atom. The van der Waals surface area contributed by atoms with Gasteiger partial charge in [0.1, 0.15) is 0 Å². The molecule has 0 spiro atoms. The number of fused-ring (bicyclic) bond motifs is 1. The predicted octanol–water partition coefficient (Wildman–Crippen LogP) is 4.91. The van der Waals surface area contributed by atoms with E-state index in [1.54, 1.807) is 0 Å². The molecular formula is C24H31ClN6O. The van der Waals surface area contributed by atoms with Crippen LogP contribution in [0.5, 0.6) is 0 Å². The summed E-state index contributed by atoms with van der Waals surface area (Å²) in [5.74, 6) is 1.05. The highest BCUT2D eigenvalue weighted by molar-refractivity contribution is 6.32. The van der Waals surface area contributed by atoms with Gasteiger partial charge >= 0.3 is 0 Å². The molecule has 2 saturated heterocycles. The second-order valence-corrected chi connectivity index (χ2v) is 9.35. The summed E-state index contributed by atoms with van der Waals surface area (Å²) in [6.07, 6.45) is 8.13. The van der Waals surface area contributed by atoms with Crippen molar-refractivity contribution in [2.45, 2.75) is 58.0 Å². The number of nitrogens with zero attached hydrogens (tertiary/aromatic N) is 5. The molecule has 0 amide bonds. The van der Waals surface area contributed by atoms with Crippen LogP contribution in [0.15, 0.2) is 24.5 Å². The number of hydrogen-bond donors (Lipinski definition) is 1. The molecule has 32 heavy (non-hydrogen) atoms. The first kappa shape index (κ1) is 21.6. The second-order valence-electron chi connectivity index (χ2n) is 8.95. The molecule has 7 nitrogen and oxygen atoms in total. The molecule has 4 heterocycles. The van der Waals surface area contributed by atoms with Gasteiger partial charge in [-0.1, -0.05) is 18.5 Å². The summed E-state index contributed by atoms with van der Waals surface area (Å²) in [7, 11) is 0. The van der Waals surface area contributed by atoms with Crippen LogP contribution in [0.1, 0.15) is 49.8 Å². The van der Waals surface area contributed by atoms with Gasteiger partial charge in [-0.15, -0.1) is 0 Å². The van der Waals surface area contributed by atoms with E-state index in [9.17, 15) is 0 Å². The van der Waals surface area contributed by atoms with Crippen molar-refractivity contribution >= 4 is 34.1 Å². The van der Waals surface area contributed by atoms with Gasteiger partial charge in [0.05, 0.1) is 29.7 Å². The standard InChI is InChI=1S/C24H31ClN6O/c1-3-7-31-16(2)23(14-27-31)29-24-26-13-18-11-21(25)20(12-22(18)28-24)17-4-8-30(9-5-17)19-6-10-32-15-19/h11-14,17,19H,3-10,15H2,1-2H3,(H,26,28,29). The van der Waals surface area contributed by atoms with E-state index in [0.29, 0.717) is 17.9 Å². The summed E-state index contributed by atoms with van der Waals surface area (Å²) in [6, 6.07) is 4.77. The molecule has 2 aliphatic heterocycles. The van der Waals surface area contributed by atoms with Crippen LogP contribution in [0.2, 0.25) is 5.02 Å². The van der Waals surface area contributed by atoms with E-state index in [2.05, 4.69) is 40.2 Å². The molecule has 1 unspecified atom stereocenters. The molecule has 2 fully saturated rings. The maximum atomic E-state index is 6.71. The Morgan fingerprint density at radius 3 is 2.78 bits per heavy atom. The lowest BCUT2D eigenvalue weighted by Gasteiger charge is -2.35. The number of hydrogen-bond acceptors (Lipinski definition) is 6. The molecule has 1 atom stereocenters. The van der Waals surface area contributed by atoms with Gasteiger partial charge in [0.2, 0.25) is 5.95 Å². The Hall–Kier alpha value is -2.22. The van der Waals surface area contributed by atoms with Crippen molar-refractivity contribution in [1.82, 2.24) is 24.6 Å². The van der Waals surface area contributed by atoms with Crippen LogP contribution in [-0.4, -0.2) is 57.0 Å². The molecule has 8 heteroatoms. The molecule has 3 aromatic rings.